The van der Waals surface area contributed by atoms with Crippen molar-refractivity contribution in [3.8, 4) is 5.88 Å². The van der Waals surface area contributed by atoms with E-state index in [1.165, 1.54) is 0 Å². The molecule has 0 aromatic carbocycles. The van der Waals surface area contributed by atoms with E-state index in [4.69, 9.17) is 4.74 Å². The first-order valence-corrected chi connectivity index (χ1v) is 5.17. The molecule has 0 spiro atoms. The van der Waals surface area contributed by atoms with Crippen LogP contribution in [-0.2, 0) is 4.79 Å². The lowest BCUT2D eigenvalue weighted by Gasteiger charge is -2.17. The predicted octanol–water partition coefficient (Wildman–Crippen LogP) is 2.38. The lowest BCUT2D eigenvalue weighted by atomic mass is 9.96. The van der Waals surface area contributed by atoms with Crippen LogP contribution in [0.3, 0.4) is 0 Å². The lowest BCUT2D eigenvalue weighted by molar-refractivity contribution is -0.123. The molecule has 16 heavy (non-hydrogen) atoms. The first-order valence-electron chi connectivity index (χ1n) is 5.17. The molecule has 0 aliphatic heterocycles. The van der Waals surface area contributed by atoms with Gasteiger partial charge in [0.1, 0.15) is 5.82 Å². The smallest absolute Gasteiger partial charge is 0.230 e. The highest BCUT2D eigenvalue weighted by Crippen LogP contribution is 2.19. The van der Waals surface area contributed by atoms with Crippen molar-refractivity contribution < 1.29 is 9.53 Å². The van der Waals surface area contributed by atoms with Gasteiger partial charge in [-0.05, 0) is 18.6 Å². The number of carbonyl (C=O) groups excluding carboxylic acids is 1. The average molecular weight is 222 g/mol. The van der Waals surface area contributed by atoms with E-state index < -0.39 is 5.41 Å². The number of hydrogen-bond donors (Lipinski definition) is 1. The van der Waals surface area contributed by atoms with Crippen LogP contribution >= 0.6 is 0 Å². The van der Waals surface area contributed by atoms with Gasteiger partial charge in [0.05, 0.1) is 7.11 Å². The Labute approximate surface area is 96.0 Å². The molecule has 1 aromatic rings. The minimum atomic E-state index is -0.432. The third-order valence-electron chi connectivity index (χ3n) is 2.08. The molecule has 4 nitrogen and oxygen atoms in total. The SMILES string of the molecule is COc1cc(C)cc(NC(=O)C(C)(C)C)n1. The van der Waals surface area contributed by atoms with Gasteiger partial charge < -0.3 is 10.1 Å². The first kappa shape index (κ1) is 12.5. The number of hydrogen-bond acceptors (Lipinski definition) is 3. The Bertz CT molecular complexity index is 394. The molecule has 0 fully saturated rings. The van der Waals surface area contributed by atoms with Crippen LogP contribution in [0.5, 0.6) is 5.88 Å². The van der Waals surface area contributed by atoms with Gasteiger partial charge in [0.15, 0.2) is 0 Å². The van der Waals surface area contributed by atoms with Gasteiger partial charge in [-0.3, -0.25) is 4.79 Å². The topological polar surface area (TPSA) is 51.2 Å². The van der Waals surface area contributed by atoms with Gasteiger partial charge in [0.25, 0.3) is 0 Å². The van der Waals surface area contributed by atoms with E-state index in [9.17, 15) is 4.79 Å². The zero-order chi connectivity index (χ0) is 12.3. The summed E-state index contributed by atoms with van der Waals surface area (Å²) in [6, 6.07) is 3.62. The number of nitrogens with zero attached hydrogens (tertiary/aromatic N) is 1. The van der Waals surface area contributed by atoms with Crippen LogP contribution < -0.4 is 10.1 Å². The van der Waals surface area contributed by atoms with Crippen LogP contribution in [0, 0.1) is 12.3 Å². The summed E-state index contributed by atoms with van der Waals surface area (Å²) in [6.07, 6.45) is 0. The fourth-order valence-corrected chi connectivity index (χ4v) is 1.11. The first-order chi connectivity index (χ1) is 7.32. The van der Waals surface area contributed by atoms with Crippen LogP contribution in [-0.4, -0.2) is 18.0 Å². The van der Waals surface area contributed by atoms with Crippen LogP contribution in [0.2, 0.25) is 0 Å². The van der Waals surface area contributed by atoms with Gasteiger partial charge in [-0.15, -0.1) is 0 Å². The van der Waals surface area contributed by atoms with Crippen molar-refractivity contribution in [1.82, 2.24) is 4.98 Å². The Morgan fingerprint density at radius 3 is 2.50 bits per heavy atom. The van der Waals surface area contributed by atoms with Gasteiger partial charge in [0, 0.05) is 11.5 Å². The molecule has 1 rings (SSSR count). The van der Waals surface area contributed by atoms with Crippen molar-refractivity contribution in [2.75, 3.05) is 12.4 Å². The quantitative estimate of drug-likeness (QED) is 0.835. The summed E-state index contributed by atoms with van der Waals surface area (Å²) >= 11 is 0. The summed E-state index contributed by atoms with van der Waals surface area (Å²) in [6.45, 7) is 7.50. The second-order valence-electron chi connectivity index (χ2n) is 4.78. The molecular weight excluding hydrogens is 204 g/mol. The molecule has 1 heterocycles. The van der Waals surface area contributed by atoms with Crippen molar-refractivity contribution in [2.24, 2.45) is 5.41 Å². The van der Waals surface area contributed by atoms with E-state index in [2.05, 4.69) is 10.3 Å². The Morgan fingerprint density at radius 1 is 1.38 bits per heavy atom. The molecule has 1 aromatic heterocycles. The lowest BCUT2D eigenvalue weighted by Crippen LogP contribution is -2.28. The van der Waals surface area contributed by atoms with Crippen molar-refractivity contribution in [2.45, 2.75) is 27.7 Å². The van der Waals surface area contributed by atoms with Crippen LogP contribution in [0.1, 0.15) is 26.3 Å². The number of amides is 1. The summed E-state index contributed by atoms with van der Waals surface area (Å²) in [7, 11) is 1.55. The van der Waals surface area contributed by atoms with E-state index >= 15 is 0 Å². The summed E-state index contributed by atoms with van der Waals surface area (Å²) in [5.41, 5.74) is 0.564. The van der Waals surface area contributed by atoms with E-state index in [-0.39, 0.29) is 5.91 Å². The summed E-state index contributed by atoms with van der Waals surface area (Å²) < 4.78 is 5.04. The normalized spacial score (nSPS) is 11.1. The second kappa shape index (κ2) is 4.51. The van der Waals surface area contributed by atoms with Crippen LogP contribution in [0.25, 0.3) is 0 Å². The van der Waals surface area contributed by atoms with E-state index in [1.54, 1.807) is 7.11 Å². The van der Waals surface area contributed by atoms with Gasteiger partial charge in [-0.2, -0.15) is 4.98 Å². The molecular formula is C12H18N2O2. The van der Waals surface area contributed by atoms with Crippen LogP contribution in [0.4, 0.5) is 5.82 Å². The largest absolute Gasteiger partial charge is 0.481 e. The highest BCUT2D eigenvalue weighted by Gasteiger charge is 2.21. The highest BCUT2D eigenvalue weighted by molar-refractivity contribution is 5.93. The average Bonchev–Trinajstić information content (AvgIpc) is 2.15. The molecule has 0 bridgehead atoms. The minimum absolute atomic E-state index is 0.0624. The Kier molecular flexibility index (Phi) is 3.52. The Hall–Kier alpha value is -1.58. The van der Waals surface area contributed by atoms with E-state index in [0.717, 1.165) is 5.56 Å². The molecule has 4 heteroatoms. The molecule has 1 amide bonds. The molecule has 1 N–H and O–H groups in total. The van der Waals surface area contributed by atoms with Gasteiger partial charge >= 0.3 is 0 Å². The molecule has 0 saturated heterocycles. The van der Waals surface area contributed by atoms with Crippen LogP contribution in [0.15, 0.2) is 12.1 Å². The number of pyridine rings is 1. The second-order valence-corrected chi connectivity index (χ2v) is 4.78. The van der Waals surface area contributed by atoms with Crippen molar-refractivity contribution in [3.63, 3.8) is 0 Å². The number of anilines is 1. The van der Waals surface area contributed by atoms with Crippen molar-refractivity contribution >= 4 is 11.7 Å². The highest BCUT2D eigenvalue weighted by atomic mass is 16.5. The molecule has 0 aliphatic carbocycles. The monoisotopic (exact) mass is 222 g/mol. The molecule has 88 valence electrons. The number of ether oxygens (including phenoxy) is 1. The molecule has 0 unspecified atom stereocenters. The zero-order valence-corrected chi connectivity index (χ0v) is 10.4. The number of carbonyl (C=O) groups is 1. The van der Waals surface area contributed by atoms with E-state index in [1.807, 2.05) is 39.8 Å². The fourth-order valence-electron chi connectivity index (χ4n) is 1.11. The maximum absolute atomic E-state index is 11.8. The summed E-state index contributed by atoms with van der Waals surface area (Å²) in [5, 5.41) is 2.77. The van der Waals surface area contributed by atoms with Gasteiger partial charge in [-0.1, -0.05) is 20.8 Å². The van der Waals surface area contributed by atoms with Crippen molar-refractivity contribution in [3.05, 3.63) is 17.7 Å². The van der Waals surface area contributed by atoms with Gasteiger partial charge in [-0.25, -0.2) is 0 Å². The predicted molar refractivity (Wildman–Crippen MR) is 63.6 cm³/mol. The number of aryl methyl sites for hydroxylation is 1. The number of methoxy groups -OCH3 is 1. The fraction of sp³-hybridized carbons (Fsp3) is 0.500. The third kappa shape index (κ3) is 3.22. The minimum Gasteiger partial charge on any atom is -0.481 e. The standard InChI is InChI=1S/C12H18N2O2/c1-8-6-9(13-10(7-8)16-5)14-11(15)12(2,3)4/h6-7H,1-5H3,(H,13,14,15). The maximum atomic E-state index is 11.8. The third-order valence-corrected chi connectivity index (χ3v) is 2.08. The van der Waals surface area contributed by atoms with Crippen molar-refractivity contribution in [1.29, 1.82) is 0 Å². The molecule has 0 radical (unpaired) electrons. The van der Waals surface area contributed by atoms with Gasteiger partial charge in [0.2, 0.25) is 11.8 Å². The summed E-state index contributed by atoms with van der Waals surface area (Å²) in [4.78, 5) is 15.9. The summed E-state index contributed by atoms with van der Waals surface area (Å²) in [5.74, 6) is 0.966. The molecule has 0 aliphatic rings. The zero-order valence-electron chi connectivity index (χ0n) is 10.4. The number of aromatic nitrogens is 1. The Balaban J connectivity index is 2.89. The van der Waals surface area contributed by atoms with E-state index in [0.29, 0.717) is 11.7 Å². The number of rotatable bonds is 2. The molecule has 0 saturated carbocycles. The number of nitrogens with one attached hydrogen (secondary N) is 1. The molecule has 0 atom stereocenters. The maximum Gasteiger partial charge on any atom is 0.230 e. The Morgan fingerprint density at radius 2 is 2.00 bits per heavy atom.